The molecule has 1 aromatic rings. The minimum Gasteiger partial charge on any atom is -0.409 e. The normalized spacial score (nSPS) is 21.5. The van der Waals surface area contributed by atoms with Crippen LogP contribution in [0, 0.1) is 18.3 Å². The van der Waals surface area contributed by atoms with E-state index in [4.69, 9.17) is 27.6 Å². The number of halogens is 2. The predicted molar refractivity (Wildman–Crippen MR) is 126 cm³/mol. The SMILES string of the molecule is CC[Si](CC)(CC)OC(CNC1CC(C(C)(C)C)C1)c1c(Cl)cc(C)cc1Cl. The van der Waals surface area contributed by atoms with E-state index in [2.05, 4.69) is 46.9 Å². The summed E-state index contributed by atoms with van der Waals surface area (Å²) in [6, 6.07) is 7.93. The molecule has 1 aliphatic rings. The van der Waals surface area contributed by atoms with Crippen molar-refractivity contribution in [3.05, 3.63) is 33.3 Å². The summed E-state index contributed by atoms with van der Waals surface area (Å²) >= 11 is 13.3. The number of hydrogen-bond acceptors (Lipinski definition) is 2. The third-order valence-corrected chi connectivity index (χ3v) is 12.1. The van der Waals surface area contributed by atoms with Gasteiger partial charge in [-0.1, -0.05) is 64.7 Å². The van der Waals surface area contributed by atoms with Gasteiger partial charge in [0.05, 0.1) is 6.10 Å². The van der Waals surface area contributed by atoms with Gasteiger partial charge in [0, 0.05) is 28.2 Å². The van der Waals surface area contributed by atoms with Gasteiger partial charge < -0.3 is 9.74 Å². The Morgan fingerprint density at radius 2 is 1.57 bits per heavy atom. The van der Waals surface area contributed by atoms with Gasteiger partial charge in [0.1, 0.15) is 0 Å². The fourth-order valence-corrected chi connectivity index (χ4v) is 7.93. The summed E-state index contributed by atoms with van der Waals surface area (Å²) in [5.74, 6) is 0.798. The Kier molecular flexibility index (Phi) is 8.50. The van der Waals surface area contributed by atoms with Crippen LogP contribution in [0.1, 0.15) is 71.6 Å². The lowest BCUT2D eigenvalue weighted by molar-refractivity contribution is 0.0874. The number of hydrogen-bond donors (Lipinski definition) is 1. The highest BCUT2D eigenvalue weighted by molar-refractivity contribution is 6.73. The average Bonchev–Trinajstić information content (AvgIpc) is 2.55. The first-order valence-electron chi connectivity index (χ1n) is 10.9. The van der Waals surface area contributed by atoms with E-state index in [1.165, 1.54) is 12.8 Å². The van der Waals surface area contributed by atoms with Gasteiger partial charge in [-0.2, -0.15) is 0 Å². The Labute approximate surface area is 183 Å². The van der Waals surface area contributed by atoms with Crippen LogP contribution in [0.15, 0.2) is 12.1 Å². The van der Waals surface area contributed by atoms with Crippen molar-refractivity contribution in [3.8, 4) is 0 Å². The van der Waals surface area contributed by atoms with Gasteiger partial charge in [-0.05, 0) is 66.9 Å². The summed E-state index contributed by atoms with van der Waals surface area (Å²) in [6.07, 6.45) is 2.40. The molecule has 0 spiro atoms. The van der Waals surface area contributed by atoms with E-state index in [9.17, 15) is 0 Å². The molecule has 1 atom stereocenters. The van der Waals surface area contributed by atoms with E-state index >= 15 is 0 Å². The predicted octanol–water partition coefficient (Wildman–Crippen LogP) is 7.78. The lowest BCUT2D eigenvalue weighted by Crippen LogP contribution is -2.48. The highest BCUT2D eigenvalue weighted by Gasteiger charge is 2.38. The van der Waals surface area contributed by atoms with E-state index in [0.717, 1.165) is 51.8 Å². The highest BCUT2D eigenvalue weighted by atomic mass is 35.5. The topological polar surface area (TPSA) is 21.3 Å². The van der Waals surface area contributed by atoms with Crippen LogP contribution in [0.3, 0.4) is 0 Å². The number of benzene rings is 1. The molecular formula is C23H39Cl2NOSi. The van der Waals surface area contributed by atoms with Crippen LogP contribution < -0.4 is 5.32 Å². The van der Waals surface area contributed by atoms with Crippen molar-refractivity contribution in [1.82, 2.24) is 5.32 Å². The van der Waals surface area contributed by atoms with Crippen molar-refractivity contribution in [2.45, 2.75) is 91.6 Å². The van der Waals surface area contributed by atoms with Crippen molar-refractivity contribution < 1.29 is 4.43 Å². The molecule has 0 radical (unpaired) electrons. The first-order chi connectivity index (χ1) is 13.0. The zero-order valence-electron chi connectivity index (χ0n) is 18.8. The second-order valence-electron chi connectivity index (χ2n) is 9.63. The molecule has 0 aromatic heterocycles. The van der Waals surface area contributed by atoms with Crippen LogP contribution >= 0.6 is 23.2 Å². The number of aryl methyl sites for hydroxylation is 1. The van der Waals surface area contributed by atoms with E-state index in [1.54, 1.807) is 0 Å². The Bertz CT molecular complexity index is 617. The largest absolute Gasteiger partial charge is 0.409 e. The Hall–Kier alpha value is -0.0631. The summed E-state index contributed by atoms with van der Waals surface area (Å²) in [5, 5.41) is 5.22. The van der Waals surface area contributed by atoms with Crippen molar-refractivity contribution in [2.75, 3.05) is 6.54 Å². The fourth-order valence-electron chi connectivity index (χ4n) is 4.29. The second-order valence-corrected chi connectivity index (χ2v) is 15.2. The maximum atomic E-state index is 6.89. The van der Waals surface area contributed by atoms with Gasteiger partial charge in [-0.15, -0.1) is 0 Å². The lowest BCUT2D eigenvalue weighted by Gasteiger charge is -2.45. The minimum absolute atomic E-state index is 0.0826. The van der Waals surface area contributed by atoms with Gasteiger partial charge in [-0.25, -0.2) is 0 Å². The molecular weight excluding hydrogens is 405 g/mol. The standard InChI is InChI=1S/C23H39Cl2NOSi/c1-8-28(9-2,10-3)27-21(22-19(24)11-16(4)12-20(22)25)15-26-18-13-17(14-18)23(5,6)7/h11-12,17-18,21,26H,8-10,13-15H2,1-7H3. The van der Waals surface area contributed by atoms with Crippen LogP contribution in [0.25, 0.3) is 0 Å². The molecule has 160 valence electrons. The molecule has 1 aliphatic carbocycles. The van der Waals surface area contributed by atoms with Crippen LogP contribution in [0.4, 0.5) is 0 Å². The smallest absolute Gasteiger partial charge is 0.192 e. The first-order valence-corrected chi connectivity index (χ1v) is 14.2. The lowest BCUT2D eigenvalue weighted by atomic mass is 9.66. The molecule has 1 saturated carbocycles. The third kappa shape index (κ3) is 5.76. The summed E-state index contributed by atoms with van der Waals surface area (Å²) in [6.45, 7) is 16.6. The van der Waals surface area contributed by atoms with Crippen molar-refractivity contribution in [2.24, 2.45) is 11.3 Å². The maximum Gasteiger partial charge on any atom is 0.192 e. The Balaban J connectivity index is 2.18. The minimum atomic E-state index is -1.79. The second kappa shape index (κ2) is 9.83. The average molecular weight is 445 g/mol. The van der Waals surface area contributed by atoms with Gasteiger partial charge in [-0.3, -0.25) is 0 Å². The molecule has 0 amide bonds. The quantitative estimate of drug-likeness (QED) is 0.393. The molecule has 1 aromatic carbocycles. The summed E-state index contributed by atoms with van der Waals surface area (Å²) in [5.41, 5.74) is 2.44. The number of nitrogens with one attached hydrogen (secondary N) is 1. The highest BCUT2D eigenvalue weighted by Crippen LogP contribution is 2.42. The molecule has 28 heavy (non-hydrogen) atoms. The molecule has 0 heterocycles. The molecule has 2 rings (SSSR count). The van der Waals surface area contributed by atoms with Gasteiger partial charge >= 0.3 is 0 Å². The molecule has 2 nitrogen and oxygen atoms in total. The molecule has 1 N–H and O–H groups in total. The van der Waals surface area contributed by atoms with Crippen LogP contribution in [-0.2, 0) is 4.43 Å². The van der Waals surface area contributed by atoms with Crippen molar-refractivity contribution >= 4 is 31.5 Å². The summed E-state index contributed by atoms with van der Waals surface area (Å²) in [7, 11) is -1.79. The number of rotatable bonds is 9. The van der Waals surface area contributed by atoms with Crippen LogP contribution in [-0.4, -0.2) is 20.9 Å². The van der Waals surface area contributed by atoms with E-state index in [1.807, 2.05) is 19.1 Å². The molecule has 0 bridgehead atoms. The first kappa shape index (κ1) is 24.2. The third-order valence-electron chi connectivity index (χ3n) is 6.83. The van der Waals surface area contributed by atoms with E-state index in [-0.39, 0.29) is 6.10 Å². The Morgan fingerprint density at radius 1 is 1.07 bits per heavy atom. The summed E-state index contributed by atoms with van der Waals surface area (Å²) in [4.78, 5) is 0. The van der Waals surface area contributed by atoms with Gasteiger partial charge in [0.15, 0.2) is 8.32 Å². The molecule has 0 aliphatic heterocycles. The fraction of sp³-hybridized carbons (Fsp3) is 0.739. The maximum absolute atomic E-state index is 6.89. The molecule has 1 fully saturated rings. The summed E-state index contributed by atoms with van der Waals surface area (Å²) < 4.78 is 6.89. The van der Waals surface area contributed by atoms with Gasteiger partial charge in [0.2, 0.25) is 0 Å². The molecule has 1 unspecified atom stereocenters. The zero-order chi connectivity index (χ0) is 21.1. The zero-order valence-corrected chi connectivity index (χ0v) is 21.3. The monoisotopic (exact) mass is 443 g/mol. The Morgan fingerprint density at radius 3 is 2.00 bits per heavy atom. The van der Waals surface area contributed by atoms with Crippen LogP contribution in [0.2, 0.25) is 28.2 Å². The van der Waals surface area contributed by atoms with E-state index in [0.29, 0.717) is 11.5 Å². The van der Waals surface area contributed by atoms with Crippen molar-refractivity contribution in [3.63, 3.8) is 0 Å². The molecule has 5 heteroatoms. The van der Waals surface area contributed by atoms with Crippen molar-refractivity contribution in [1.29, 1.82) is 0 Å². The van der Waals surface area contributed by atoms with E-state index < -0.39 is 8.32 Å². The molecule has 0 saturated heterocycles. The van der Waals surface area contributed by atoms with Crippen LogP contribution in [0.5, 0.6) is 0 Å². The van der Waals surface area contributed by atoms with Gasteiger partial charge in [0.25, 0.3) is 0 Å².